The zero-order valence-electron chi connectivity index (χ0n) is 15.4. The molecule has 0 aromatic heterocycles. The maximum atomic E-state index is 13.5. The van der Waals surface area contributed by atoms with Crippen molar-refractivity contribution in [3.63, 3.8) is 0 Å². The fourth-order valence-electron chi connectivity index (χ4n) is 2.39. The molecule has 0 bridgehead atoms. The van der Waals surface area contributed by atoms with Gasteiger partial charge < -0.3 is 14.6 Å². The molecule has 2 aromatic rings. The Morgan fingerprint density at radius 2 is 1.77 bits per heavy atom. The van der Waals surface area contributed by atoms with E-state index in [2.05, 4.69) is 9.47 Å². The molecule has 0 aliphatic carbocycles. The summed E-state index contributed by atoms with van der Waals surface area (Å²) in [5, 5.41) is 10.1. The van der Waals surface area contributed by atoms with Crippen LogP contribution in [0, 0.1) is 0 Å². The standard InChI is InChI=1S/C20H16F6O4/c1-29-19(28)17-12(5-2-11-3-6-13(7-4-11)20(24,25)26)8-14(9-16(17)27)30-18(23)15(22)10-21/h2-9,15,18,27H,10H2,1H3. The van der Waals surface area contributed by atoms with E-state index >= 15 is 0 Å². The number of esters is 1. The number of carbonyl (C=O) groups is 1. The summed E-state index contributed by atoms with van der Waals surface area (Å²) in [7, 11) is 1.04. The van der Waals surface area contributed by atoms with Crippen molar-refractivity contribution in [2.45, 2.75) is 18.7 Å². The third-order valence-corrected chi connectivity index (χ3v) is 3.88. The Labute approximate surface area is 167 Å². The van der Waals surface area contributed by atoms with E-state index in [1.807, 2.05) is 0 Å². The van der Waals surface area contributed by atoms with E-state index in [1.165, 1.54) is 24.3 Å². The molecular formula is C20H16F6O4. The summed E-state index contributed by atoms with van der Waals surface area (Å²) in [5.41, 5.74) is -0.940. The number of aromatic hydroxyl groups is 1. The smallest absolute Gasteiger partial charge is 0.416 e. The number of alkyl halides is 6. The lowest BCUT2D eigenvalue weighted by molar-refractivity contribution is -0.137. The number of rotatable bonds is 7. The van der Waals surface area contributed by atoms with Gasteiger partial charge in [0.15, 0.2) is 6.17 Å². The van der Waals surface area contributed by atoms with E-state index in [-0.39, 0.29) is 11.1 Å². The topological polar surface area (TPSA) is 55.8 Å². The first-order chi connectivity index (χ1) is 14.1. The van der Waals surface area contributed by atoms with Gasteiger partial charge >= 0.3 is 12.1 Å². The van der Waals surface area contributed by atoms with Crippen LogP contribution in [0.2, 0.25) is 0 Å². The van der Waals surface area contributed by atoms with Crippen LogP contribution in [0.5, 0.6) is 11.5 Å². The van der Waals surface area contributed by atoms with Crippen LogP contribution in [0.25, 0.3) is 12.2 Å². The largest absolute Gasteiger partial charge is 0.507 e. The van der Waals surface area contributed by atoms with Crippen molar-refractivity contribution < 1.29 is 45.7 Å². The highest BCUT2D eigenvalue weighted by Crippen LogP contribution is 2.32. The number of hydrogen-bond acceptors (Lipinski definition) is 4. The van der Waals surface area contributed by atoms with Crippen molar-refractivity contribution >= 4 is 18.1 Å². The third-order valence-electron chi connectivity index (χ3n) is 3.88. The highest BCUT2D eigenvalue weighted by Gasteiger charge is 2.30. The SMILES string of the molecule is COC(=O)c1c(O)cc(OC(F)C(F)CF)cc1C=Cc1ccc(C(F)(F)F)cc1. The molecule has 4 nitrogen and oxygen atoms in total. The van der Waals surface area contributed by atoms with Crippen LogP contribution in [-0.4, -0.2) is 37.4 Å². The average molecular weight is 434 g/mol. The summed E-state index contributed by atoms with van der Waals surface area (Å²) < 4.78 is 85.9. The van der Waals surface area contributed by atoms with Crippen molar-refractivity contribution in [3.8, 4) is 11.5 Å². The molecule has 2 rings (SSSR count). The van der Waals surface area contributed by atoms with Gasteiger partial charge in [0.05, 0.1) is 12.7 Å². The summed E-state index contributed by atoms with van der Waals surface area (Å²) >= 11 is 0. The summed E-state index contributed by atoms with van der Waals surface area (Å²) in [4.78, 5) is 11.9. The lowest BCUT2D eigenvalue weighted by atomic mass is 10.0. The third kappa shape index (κ3) is 5.68. The van der Waals surface area contributed by atoms with E-state index in [4.69, 9.17) is 0 Å². The predicted molar refractivity (Wildman–Crippen MR) is 96.2 cm³/mol. The van der Waals surface area contributed by atoms with E-state index in [0.717, 1.165) is 31.4 Å². The monoisotopic (exact) mass is 434 g/mol. The normalized spacial score (nSPS) is 13.8. The maximum absolute atomic E-state index is 13.5. The minimum absolute atomic E-state index is 0.0559. The Bertz CT molecular complexity index is 909. The zero-order valence-corrected chi connectivity index (χ0v) is 15.4. The van der Waals surface area contributed by atoms with Crippen LogP contribution in [0.3, 0.4) is 0 Å². The molecule has 0 aliphatic rings. The number of benzene rings is 2. The van der Waals surface area contributed by atoms with Crippen molar-refractivity contribution in [3.05, 3.63) is 58.7 Å². The highest BCUT2D eigenvalue weighted by molar-refractivity contribution is 5.98. The molecule has 0 saturated heterocycles. The van der Waals surface area contributed by atoms with Gasteiger partial charge in [-0.3, -0.25) is 0 Å². The summed E-state index contributed by atoms with van der Waals surface area (Å²) in [6.07, 6.45) is -7.17. The van der Waals surface area contributed by atoms with Gasteiger partial charge in [-0.2, -0.15) is 17.6 Å². The Morgan fingerprint density at radius 1 is 1.13 bits per heavy atom. The molecule has 0 saturated carbocycles. The van der Waals surface area contributed by atoms with Gasteiger partial charge in [-0.15, -0.1) is 0 Å². The van der Waals surface area contributed by atoms with Crippen LogP contribution in [-0.2, 0) is 10.9 Å². The molecule has 0 spiro atoms. The number of methoxy groups -OCH3 is 1. The predicted octanol–water partition coefficient (Wildman–Crippen LogP) is 5.35. The van der Waals surface area contributed by atoms with Gasteiger partial charge in [0, 0.05) is 6.07 Å². The molecule has 0 fully saturated rings. The molecule has 0 amide bonds. The number of halogens is 6. The molecule has 0 heterocycles. The molecule has 1 N–H and O–H groups in total. The van der Waals surface area contributed by atoms with Crippen LogP contribution in [0.1, 0.15) is 27.0 Å². The fraction of sp³-hybridized carbons (Fsp3) is 0.250. The minimum atomic E-state index is -4.51. The number of carbonyl (C=O) groups excluding carboxylic acids is 1. The van der Waals surface area contributed by atoms with Gasteiger partial charge in [0.2, 0.25) is 0 Å². The van der Waals surface area contributed by atoms with E-state index in [1.54, 1.807) is 0 Å². The van der Waals surface area contributed by atoms with Crippen LogP contribution >= 0.6 is 0 Å². The van der Waals surface area contributed by atoms with Crippen LogP contribution in [0.15, 0.2) is 36.4 Å². The lowest BCUT2D eigenvalue weighted by Crippen LogP contribution is -2.25. The maximum Gasteiger partial charge on any atom is 0.416 e. The molecule has 0 radical (unpaired) electrons. The van der Waals surface area contributed by atoms with Gasteiger partial charge in [0.25, 0.3) is 6.36 Å². The minimum Gasteiger partial charge on any atom is -0.507 e. The van der Waals surface area contributed by atoms with Crippen molar-refractivity contribution in [1.82, 2.24) is 0 Å². The number of phenolic OH excluding ortho intramolecular Hbond substituents is 1. The number of hydrogen-bond donors (Lipinski definition) is 1. The van der Waals surface area contributed by atoms with Gasteiger partial charge in [-0.25, -0.2) is 13.6 Å². The van der Waals surface area contributed by atoms with Crippen LogP contribution < -0.4 is 4.74 Å². The molecule has 30 heavy (non-hydrogen) atoms. The quantitative estimate of drug-likeness (QED) is 0.363. The second kappa shape index (κ2) is 9.55. The van der Waals surface area contributed by atoms with Crippen LogP contribution in [0.4, 0.5) is 26.3 Å². The Balaban J connectivity index is 2.40. The summed E-state index contributed by atoms with van der Waals surface area (Å²) in [5.74, 6) is -2.06. The second-order valence-corrected chi connectivity index (χ2v) is 5.99. The van der Waals surface area contributed by atoms with E-state index < -0.39 is 48.4 Å². The molecule has 162 valence electrons. The molecule has 2 atom stereocenters. The Kier molecular flexibility index (Phi) is 7.36. The van der Waals surface area contributed by atoms with Crippen molar-refractivity contribution in [2.24, 2.45) is 0 Å². The molecular weight excluding hydrogens is 418 g/mol. The molecule has 10 heteroatoms. The first-order valence-corrected chi connectivity index (χ1v) is 8.38. The van der Waals surface area contributed by atoms with Crippen molar-refractivity contribution in [2.75, 3.05) is 13.8 Å². The first kappa shape index (κ1) is 23.1. The average Bonchev–Trinajstić information content (AvgIpc) is 2.70. The Hall–Kier alpha value is -3.17. The fourth-order valence-corrected chi connectivity index (χ4v) is 2.39. The summed E-state index contributed by atoms with van der Waals surface area (Å²) in [6, 6.07) is 5.92. The second-order valence-electron chi connectivity index (χ2n) is 5.99. The number of phenols is 1. The van der Waals surface area contributed by atoms with Gasteiger partial charge in [0.1, 0.15) is 23.7 Å². The van der Waals surface area contributed by atoms with Gasteiger partial charge in [-0.05, 0) is 29.3 Å². The Morgan fingerprint density at radius 3 is 2.30 bits per heavy atom. The zero-order chi connectivity index (χ0) is 22.5. The van der Waals surface area contributed by atoms with Gasteiger partial charge in [-0.1, -0.05) is 24.3 Å². The van der Waals surface area contributed by atoms with Crippen molar-refractivity contribution in [1.29, 1.82) is 0 Å². The summed E-state index contributed by atoms with van der Waals surface area (Å²) in [6.45, 7) is -1.63. The van der Waals surface area contributed by atoms with E-state index in [0.29, 0.717) is 5.56 Å². The lowest BCUT2D eigenvalue weighted by Gasteiger charge is -2.15. The molecule has 0 aliphatic heterocycles. The highest BCUT2D eigenvalue weighted by atomic mass is 19.4. The first-order valence-electron chi connectivity index (χ1n) is 8.38. The molecule has 2 unspecified atom stereocenters. The van der Waals surface area contributed by atoms with E-state index in [9.17, 15) is 36.2 Å². The molecule has 2 aromatic carbocycles. The number of ether oxygens (including phenoxy) is 2.